The Morgan fingerprint density at radius 3 is 2.91 bits per heavy atom. The van der Waals surface area contributed by atoms with Gasteiger partial charge in [-0.1, -0.05) is 12.1 Å². The van der Waals surface area contributed by atoms with Crippen molar-refractivity contribution in [1.82, 2.24) is 15.1 Å². The molecule has 0 aliphatic carbocycles. The van der Waals surface area contributed by atoms with Crippen molar-refractivity contribution >= 4 is 23.6 Å². The van der Waals surface area contributed by atoms with E-state index in [0.29, 0.717) is 13.1 Å². The van der Waals surface area contributed by atoms with Gasteiger partial charge in [0.15, 0.2) is 0 Å². The summed E-state index contributed by atoms with van der Waals surface area (Å²) in [6.07, 6.45) is 2.05. The molecule has 0 bridgehead atoms. The van der Waals surface area contributed by atoms with E-state index in [1.54, 1.807) is 16.7 Å². The molecule has 1 aromatic rings. The standard InChI is InChI=1S/C16H21N3O3S/c1-23-12-4-2-3-11(7-12)8-18-5-6-19-14(9-18)15(21)17-13(10-20)16(19)22/h2-4,7,13-14,20H,5-6,8-10H2,1H3,(H,17,21)/t13-,14-/m1/s1. The van der Waals surface area contributed by atoms with Crippen molar-refractivity contribution in [2.24, 2.45) is 0 Å². The molecule has 2 aliphatic rings. The van der Waals surface area contributed by atoms with E-state index in [1.165, 1.54) is 10.5 Å². The third kappa shape index (κ3) is 3.36. The third-order valence-electron chi connectivity index (χ3n) is 4.39. The number of piperazine rings is 2. The molecule has 0 radical (unpaired) electrons. The maximum absolute atomic E-state index is 12.2. The predicted octanol–water partition coefficient (Wildman–Crippen LogP) is -0.0880. The molecule has 3 rings (SSSR count). The topological polar surface area (TPSA) is 72.9 Å². The van der Waals surface area contributed by atoms with Gasteiger partial charge in [0.05, 0.1) is 6.61 Å². The van der Waals surface area contributed by atoms with E-state index in [4.69, 9.17) is 0 Å². The number of amides is 2. The van der Waals surface area contributed by atoms with Crippen LogP contribution in [0, 0.1) is 0 Å². The van der Waals surface area contributed by atoms with Crippen LogP contribution in [-0.2, 0) is 16.1 Å². The minimum atomic E-state index is -0.788. The van der Waals surface area contributed by atoms with Gasteiger partial charge in [0.2, 0.25) is 11.8 Å². The second-order valence-corrected chi connectivity index (χ2v) is 6.76. The average molecular weight is 335 g/mol. The monoisotopic (exact) mass is 335 g/mol. The average Bonchev–Trinajstić information content (AvgIpc) is 2.58. The lowest BCUT2D eigenvalue weighted by molar-refractivity contribution is -0.154. The Hall–Kier alpha value is -1.57. The molecule has 2 atom stereocenters. The van der Waals surface area contributed by atoms with Gasteiger partial charge in [-0.05, 0) is 24.0 Å². The highest BCUT2D eigenvalue weighted by Crippen LogP contribution is 2.20. The van der Waals surface area contributed by atoms with Crippen molar-refractivity contribution < 1.29 is 14.7 Å². The number of aliphatic hydroxyl groups is 1. The minimum Gasteiger partial charge on any atom is -0.394 e. The number of carbonyl (C=O) groups is 2. The first kappa shape index (κ1) is 16.3. The number of carbonyl (C=O) groups excluding carboxylic acids is 2. The molecule has 6 nitrogen and oxygen atoms in total. The van der Waals surface area contributed by atoms with Crippen LogP contribution in [0.2, 0.25) is 0 Å². The van der Waals surface area contributed by atoms with Crippen LogP contribution in [0.5, 0.6) is 0 Å². The molecule has 7 heteroatoms. The number of nitrogens with one attached hydrogen (secondary N) is 1. The van der Waals surface area contributed by atoms with Gasteiger partial charge in [-0.3, -0.25) is 14.5 Å². The molecular formula is C16H21N3O3S. The summed E-state index contributed by atoms with van der Waals surface area (Å²) >= 11 is 1.71. The van der Waals surface area contributed by atoms with Gasteiger partial charge in [0, 0.05) is 31.1 Å². The highest BCUT2D eigenvalue weighted by molar-refractivity contribution is 7.98. The van der Waals surface area contributed by atoms with Crippen LogP contribution in [0.3, 0.4) is 0 Å². The van der Waals surface area contributed by atoms with Crippen LogP contribution < -0.4 is 5.32 Å². The fourth-order valence-corrected chi connectivity index (χ4v) is 3.64. The van der Waals surface area contributed by atoms with E-state index in [1.807, 2.05) is 12.3 Å². The van der Waals surface area contributed by atoms with Crippen LogP contribution in [0.1, 0.15) is 5.56 Å². The van der Waals surface area contributed by atoms with Crippen molar-refractivity contribution in [3.63, 3.8) is 0 Å². The molecule has 2 amide bonds. The Morgan fingerprint density at radius 2 is 2.17 bits per heavy atom. The van der Waals surface area contributed by atoms with E-state index < -0.39 is 12.1 Å². The lowest BCUT2D eigenvalue weighted by atomic mass is 10.0. The molecule has 2 fully saturated rings. The fourth-order valence-electron chi connectivity index (χ4n) is 3.15. The number of rotatable bonds is 4. The molecule has 0 saturated carbocycles. The molecule has 2 saturated heterocycles. The smallest absolute Gasteiger partial charge is 0.248 e. The zero-order valence-corrected chi connectivity index (χ0v) is 13.9. The summed E-state index contributed by atoms with van der Waals surface area (Å²) < 4.78 is 0. The minimum absolute atomic E-state index is 0.175. The van der Waals surface area contributed by atoms with Gasteiger partial charge in [-0.15, -0.1) is 11.8 Å². The number of nitrogens with zero attached hydrogens (tertiary/aromatic N) is 2. The number of aliphatic hydroxyl groups excluding tert-OH is 1. The lowest BCUT2D eigenvalue weighted by Gasteiger charge is -2.45. The largest absolute Gasteiger partial charge is 0.394 e. The summed E-state index contributed by atoms with van der Waals surface area (Å²) in [5.74, 6) is -0.354. The molecule has 124 valence electrons. The molecule has 23 heavy (non-hydrogen) atoms. The van der Waals surface area contributed by atoms with Gasteiger partial charge in [0.1, 0.15) is 12.1 Å². The quantitative estimate of drug-likeness (QED) is 0.753. The molecule has 2 heterocycles. The summed E-state index contributed by atoms with van der Waals surface area (Å²) in [4.78, 5) is 29.4. The van der Waals surface area contributed by atoms with E-state index in [0.717, 1.165) is 13.1 Å². The summed E-state index contributed by atoms with van der Waals surface area (Å²) in [6.45, 7) is 2.20. The van der Waals surface area contributed by atoms with Gasteiger partial charge in [0.25, 0.3) is 0 Å². The van der Waals surface area contributed by atoms with Gasteiger partial charge in [-0.25, -0.2) is 0 Å². The second-order valence-electron chi connectivity index (χ2n) is 5.88. The molecule has 2 aliphatic heterocycles. The van der Waals surface area contributed by atoms with Gasteiger partial charge < -0.3 is 15.3 Å². The van der Waals surface area contributed by atoms with Crippen LogP contribution in [-0.4, -0.2) is 71.3 Å². The Balaban J connectivity index is 1.68. The van der Waals surface area contributed by atoms with Crippen molar-refractivity contribution in [1.29, 1.82) is 0 Å². The Bertz CT molecular complexity index is 610. The van der Waals surface area contributed by atoms with Crippen molar-refractivity contribution in [3.05, 3.63) is 29.8 Å². The predicted molar refractivity (Wildman–Crippen MR) is 88.0 cm³/mol. The van der Waals surface area contributed by atoms with E-state index >= 15 is 0 Å². The van der Waals surface area contributed by atoms with E-state index in [-0.39, 0.29) is 18.4 Å². The number of hydrogen-bond donors (Lipinski definition) is 2. The maximum atomic E-state index is 12.2. The molecule has 1 aromatic carbocycles. The molecule has 0 spiro atoms. The second kappa shape index (κ2) is 6.90. The normalized spacial score (nSPS) is 25.2. The number of thioether (sulfide) groups is 1. The summed E-state index contributed by atoms with van der Waals surface area (Å²) in [5.41, 5.74) is 1.21. The molecule has 0 aromatic heterocycles. The van der Waals surface area contributed by atoms with Crippen LogP contribution >= 0.6 is 11.8 Å². The Morgan fingerprint density at radius 1 is 1.35 bits per heavy atom. The van der Waals surface area contributed by atoms with Crippen molar-refractivity contribution in [3.8, 4) is 0 Å². The first-order chi connectivity index (χ1) is 11.1. The third-order valence-corrected chi connectivity index (χ3v) is 5.11. The Kier molecular flexibility index (Phi) is 4.89. The fraction of sp³-hybridized carbons (Fsp3) is 0.500. The van der Waals surface area contributed by atoms with Crippen LogP contribution in [0.25, 0.3) is 0 Å². The number of fused-ring (bicyclic) bond motifs is 1. The first-order valence-electron chi connectivity index (χ1n) is 7.69. The molecule has 2 N–H and O–H groups in total. The SMILES string of the molecule is CSc1cccc(CN2CCN3C(=O)[C@@H](CO)NC(=O)[C@H]3C2)c1. The van der Waals surface area contributed by atoms with Gasteiger partial charge in [-0.2, -0.15) is 0 Å². The summed E-state index contributed by atoms with van der Waals surface area (Å²) in [6, 6.07) is 7.12. The number of benzene rings is 1. The summed E-state index contributed by atoms with van der Waals surface area (Å²) in [5, 5.41) is 11.8. The van der Waals surface area contributed by atoms with Crippen LogP contribution in [0.15, 0.2) is 29.2 Å². The first-order valence-corrected chi connectivity index (χ1v) is 8.92. The zero-order valence-electron chi connectivity index (χ0n) is 13.1. The maximum Gasteiger partial charge on any atom is 0.248 e. The molecule has 0 unspecified atom stereocenters. The molecular weight excluding hydrogens is 314 g/mol. The Labute approximate surface area is 139 Å². The van der Waals surface area contributed by atoms with E-state index in [9.17, 15) is 14.7 Å². The highest BCUT2D eigenvalue weighted by Gasteiger charge is 2.42. The number of hydrogen-bond acceptors (Lipinski definition) is 5. The van der Waals surface area contributed by atoms with E-state index in [2.05, 4.69) is 28.4 Å². The van der Waals surface area contributed by atoms with Crippen molar-refractivity contribution in [2.45, 2.75) is 23.5 Å². The van der Waals surface area contributed by atoms with Gasteiger partial charge >= 0.3 is 0 Å². The zero-order chi connectivity index (χ0) is 16.4. The summed E-state index contributed by atoms with van der Waals surface area (Å²) in [7, 11) is 0. The lowest BCUT2D eigenvalue weighted by Crippen LogP contribution is -2.69. The van der Waals surface area contributed by atoms with Crippen LogP contribution in [0.4, 0.5) is 0 Å². The van der Waals surface area contributed by atoms with Crippen molar-refractivity contribution in [2.75, 3.05) is 32.5 Å². The highest BCUT2D eigenvalue weighted by atomic mass is 32.2.